The Morgan fingerprint density at radius 2 is 1.78 bits per heavy atom. The zero-order valence-corrected chi connectivity index (χ0v) is 24.0. The second-order valence-corrected chi connectivity index (χ2v) is 14.1. The SMILES string of the molecule is C=CC[C@]1(C)C(=O)N(C(CNS(=O)(=O)C(C)C)C2CC2)[C@H](c2ccc(Cl)cc2)CC1c1cccc(Cl)c1. The molecule has 8 heteroatoms. The van der Waals surface area contributed by atoms with Crippen LogP contribution in [0.4, 0.5) is 0 Å². The Hall–Kier alpha value is -1.86. The highest BCUT2D eigenvalue weighted by Crippen LogP contribution is 2.54. The number of hydrogen-bond donors (Lipinski definition) is 1. The molecule has 37 heavy (non-hydrogen) atoms. The number of halogens is 2. The average Bonchev–Trinajstić information content (AvgIpc) is 3.68. The number of benzene rings is 2. The number of allylic oxidation sites excluding steroid dienone is 1. The molecule has 1 N–H and O–H groups in total. The number of sulfonamides is 1. The fraction of sp³-hybridized carbons (Fsp3) is 0.483. The van der Waals surface area contributed by atoms with Crippen molar-refractivity contribution in [2.45, 2.75) is 69.7 Å². The van der Waals surface area contributed by atoms with Gasteiger partial charge in [-0.2, -0.15) is 0 Å². The van der Waals surface area contributed by atoms with Crippen LogP contribution in [0.5, 0.6) is 0 Å². The van der Waals surface area contributed by atoms with Gasteiger partial charge in [0.2, 0.25) is 15.9 Å². The summed E-state index contributed by atoms with van der Waals surface area (Å²) in [5.74, 6) is 0.175. The molecule has 0 spiro atoms. The molecule has 1 amide bonds. The molecule has 2 aliphatic rings. The molecule has 4 atom stereocenters. The predicted octanol–water partition coefficient (Wildman–Crippen LogP) is 6.74. The number of amides is 1. The molecule has 200 valence electrons. The Kier molecular flexibility index (Phi) is 8.44. The molecule has 1 saturated heterocycles. The molecule has 4 rings (SSSR count). The summed E-state index contributed by atoms with van der Waals surface area (Å²) in [7, 11) is -3.48. The molecule has 0 aromatic heterocycles. The number of nitrogens with zero attached hydrogens (tertiary/aromatic N) is 1. The second-order valence-electron chi connectivity index (χ2n) is 10.9. The van der Waals surface area contributed by atoms with Crippen LogP contribution < -0.4 is 4.72 Å². The van der Waals surface area contributed by atoms with Gasteiger partial charge in [-0.05, 0) is 87.8 Å². The summed E-state index contributed by atoms with van der Waals surface area (Å²) in [6.07, 6.45) is 4.94. The number of carbonyl (C=O) groups excluding carboxylic acids is 1. The fourth-order valence-electron chi connectivity index (χ4n) is 5.64. The highest BCUT2D eigenvalue weighted by atomic mass is 35.5. The van der Waals surface area contributed by atoms with Gasteiger partial charge in [0, 0.05) is 28.5 Å². The van der Waals surface area contributed by atoms with E-state index in [9.17, 15) is 13.2 Å². The third-order valence-corrected chi connectivity index (χ3v) is 10.3. The van der Waals surface area contributed by atoms with Crippen LogP contribution in [0.3, 0.4) is 0 Å². The smallest absolute Gasteiger partial charge is 0.230 e. The third-order valence-electron chi connectivity index (χ3n) is 8.00. The molecule has 1 heterocycles. The first-order valence-electron chi connectivity index (χ1n) is 12.9. The normalized spacial score (nSPS) is 25.4. The molecule has 2 fully saturated rings. The van der Waals surface area contributed by atoms with Crippen molar-refractivity contribution in [3.05, 3.63) is 82.4 Å². The van der Waals surface area contributed by atoms with Crippen LogP contribution >= 0.6 is 23.2 Å². The monoisotopic (exact) mass is 562 g/mol. The van der Waals surface area contributed by atoms with Crippen molar-refractivity contribution in [1.82, 2.24) is 9.62 Å². The van der Waals surface area contributed by atoms with E-state index in [1.807, 2.05) is 66.4 Å². The van der Waals surface area contributed by atoms with Gasteiger partial charge in [-0.1, -0.05) is 53.5 Å². The Labute approximate surface area is 231 Å². The largest absolute Gasteiger partial charge is 0.331 e. The zero-order valence-electron chi connectivity index (χ0n) is 21.7. The van der Waals surface area contributed by atoms with Crippen molar-refractivity contribution in [3.8, 4) is 0 Å². The minimum atomic E-state index is -3.48. The first-order chi connectivity index (χ1) is 17.5. The lowest BCUT2D eigenvalue weighted by molar-refractivity contribution is -0.155. The molecule has 5 nitrogen and oxygen atoms in total. The maximum Gasteiger partial charge on any atom is 0.230 e. The minimum Gasteiger partial charge on any atom is -0.331 e. The van der Waals surface area contributed by atoms with E-state index in [-0.39, 0.29) is 36.4 Å². The number of carbonyl (C=O) groups is 1. The number of likely N-dealkylation sites (tertiary alicyclic amines) is 1. The molecule has 2 unspecified atom stereocenters. The van der Waals surface area contributed by atoms with Gasteiger partial charge < -0.3 is 4.90 Å². The third kappa shape index (κ3) is 5.93. The molecular formula is C29H36Cl2N2O3S. The number of piperidine rings is 1. The van der Waals surface area contributed by atoms with E-state index in [0.717, 1.165) is 24.0 Å². The van der Waals surface area contributed by atoms with E-state index in [0.29, 0.717) is 22.9 Å². The lowest BCUT2D eigenvalue weighted by atomic mass is 9.64. The Morgan fingerprint density at radius 1 is 1.11 bits per heavy atom. The van der Waals surface area contributed by atoms with Gasteiger partial charge >= 0.3 is 0 Å². The van der Waals surface area contributed by atoms with Crippen molar-refractivity contribution in [3.63, 3.8) is 0 Å². The summed E-state index contributed by atoms with van der Waals surface area (Å²) in [5.41, 5.74) is 1.26. The first kappa shape index (κ1) is 28.2. The van der Waals surface area contributed by atoms with E-state index in [4.69, 9.17) is 23.2 Å². The van der Waals surface area contributed by atoms with Gasteiger partial charge in [0.25, 0.3) is 0 Å². The topological polar surface area (TPSA) is 66.5 Å². The van der Waals surface area contributed by atoms with E-state index in [1.54, 1.807) is 13.8 Å². The summed E-state index contributed by atoms with van der Waals surface area (Å²) in [5, 5.41) is 0.716. The van der Waals surface area contributed by atoms with Crippen molar-refractivity contribution in [2.24, 2.45) is 11.3 Å². The van der Waals surface area contributed by atoms with E-state index >= 15 is 0 Å². The molecule has 0 bridgehead atoms. The molecule has 0 radical (unpaired) electrons. The van der Waals surface area contributed by atoms with Gasteiger partial charge in [-0.15, -0.1) is 6.58 Å². The molecular weight excluding hydrogens is 527 g/mol. The fourth-order valence-corrected chi connectivity index (χ4v) is 6.70. The number of hydrogen-bond acceptors (Lipinski definition) is 3. The van der Waals surface area contributed by atoms with Crippen molar-refractivity contribution < 1.29 is 13.2 Å². The highest BCUT2D eigenvalue weighted by molar-refractivity contribution is 7.90. The number of nitrogens with one attached hydrogen (secondary N) is 1. The summed E-state index contributed by atoms with van der Waals surface area (Å²) in [4.78, 5) is 16.6. The molecule has 1 aliphatic heterocycles. The van der Waals surface area contributed by atoms with Gasteiger partial charge in [0.05, 0.1) is 16.7 Å². The molecule has 1 saturated carbocycles. The van der Waals surface area contributed by atoms with Crippen molar-refractivity contribution >= 4 is 39.1 Å². The van der Waals surface area contributed by atoms with Gasteiger partial charge in [0.1, 0.15) is 0 Å². The van der Waals surface area contributed by atoms with Crippen LogP contribution in [0.25, 0.3) is 0 Å². The lowest BCUT2D eigenvalue weighted by Gasteiger charge is -2.52. The summed E-state index contributed by atoms with van der Waals surface area (Å²) < 4.78 is 28.2. The van der Waals surface area contributed by atoms with Crippen molar-refractivity contribution in [1.29, 1.82) is 0 Å². The van der Waals surface area contributed by atoms with Crippen LogP contribution in [0, 0.1) is 11.3 Å². The van der Waals surface area contributed by atoms with Crippen LogP contribution in [-0.4, -0.2) is 37.1 Å². The van der Waals surface area contributed by atoms with Gasteiger partial charge in [-0.3, -0.25) is 4.79 Å². The summed E-state index contributed by atoms with van der Waals surface area (Å²) in [6.45, 7) is 9.50. The Bertz CT molecular complexity index is 1240. The Morgan fingerprint density at radius 3 is 2.35 bits per heavy atom. The van der Waals surface area contributed by atoms with Gasteiger partial charge in [-0.25, -0.2) is 13.1 Å². The van der Waals surface area contributed by atoms with Gasteiger partial charge in [0.15, 0.2) is 0 Å². The minimum absolute atomic E-state index is 0.0178. The standard InChI is InChI=1S/C29H36Cl2N2O3S/c1-5-15-29(4)25(22-7-6-8-24(31)16-22)17-26(20-11-13-23(30)14-12-20)33(28(29)34)27(21-9-10-21)18-32-37(35,36)19(2)3/h5-8,11-14,16,19,21,25-27,32H,1,9-10,15,17-18H2,2-4H3/t25?,26-,27?,29-/m0/s1. The average molecular weight is 564 g/mol. The predicted molar refractivity (Wildman–Crippen MR) is 151 cm³/mol. The first-order valence-corrected chi connectivity index (χ1v) is 15.2. The van der Waals surface area contributed by atoms with E-state index < -0.39 is 20.7 Å². The van der Waals surface area contributed by atoms with Crippen LogP contribution in [0.1, 0.15) is 69.5 Å². The van der Waals surface area contributed by atoms with Crippen LogP contribution in [-0.2, 0) is 14.8 Å². The van der Waals surface area contributed by atoms with E-state index in [1.165, 1.54) is 0 Å². The molecule has 1 aliphatic carbocycles. The second kappa shape index (κ2) is 11.1. The quantitative estimate of drug-likeness (QED) is 0.326. The Balaban J connectivity index is 1.81. The number of rotatable bonds is 10. The molecule has 2 aromatic carbocycles. The van der Waals surface area contributed by atoms with Crippen LogP contribution in [0.15, 0.2) is 61.2 Å². The summed E-state index contributed by atoms with van der Waals surface area (Å²) >= 11 is 12.6. The zero-order chi connectivity index (χ0) is 27.0. The molecule has 2 aromatic rings. The maximum atomic E-state index is 14.6. The summed E-state index contributed by atoms with van der Waals surface area (Å²) in [6, 6.07) is 14.9. The van der Waals surface area contributed by atoms with Crippen molar-refractivity contribution in [2.75, 3.05) is 6.54 Å². The lowest BCUT2D eigenvalue weighted by Crippen LogP contribution is -2.59. The maximum absolute atomic E-state index is 14.6. The van der Waals surface area contributed by atoms with E-state index in [2.05, 4.69) is 11.3 Å². The highest BCUT2D eigenvalue weighted by Gasteiger charge is 2.54. The van der Waals surface area contributed by atoms with Crippen LogP contribution in [0.2, 0.25) is 10.0 Å².